The molecule has 0 spiro atoms. The third-order valence-corrected chi connectivity index (χ3v) is 13.7. The number of hydrogen-bond donors (Lipinski definition) is 2. The first-order valence-corrected chi connectivity index (χ1v) is 30.2. The van der Waals surface area contributed by atoms with Crippen LogP contribution < -0.4 is 10.2 Å². The summed E-state index contributed by atoms with van der Waals surface area (Å²) in [7, 11) is 1.29. The van der Waals surface area contributed by atoms with Crippen molar-refractivity contribution in [2.24, 2.45) is 0 Å². The molecule has 0 saturated carbocycles. The lowest BCUT2D eigenvalue weighted by molar-refractivity contribution is -0.870. The molecule has 0 aliphatic heterocycles. The van der Waals surface area contributed by atoms with Crippen molar-refractivity contribution < 1.29 is 32.9 Å². The molecule has 0 saturated heterocycles. The van der Waals surface area contributed by atoms with E-state index >= 15 is 0 Å². The Morgan fingerprint density at radius 2 is 0.884 bits per heavy atom. The van der Waals surface area contributed by atoms with Crippen molar-refractivity contribution >= 4 is 13.7 Å². The summed E-state index contributed by atoms with van der Waals surface area (Å²) in [6.07, 6.45) is 69.2. The minimum absolute atomic E-state index is 0.00752. The number of amides is 1. The van der Waals surface area contributed by atoms with Gasteiger partial charge in [-0.3, -0.25) is 9.36 Å². The molecule has 0 radical (unpaired) electrons. The van der Waals surface area contributed by atoms with Crippen molar-refractivity contribution in [1.82, 2.24) is 5.32 Å². The maximum absolute atomic E-state index is 13.0. The number of nitrogens with zero attached hydrogens (tertiary/aromatic N) is 1. The number of nitrogens with one attached hydrogen (secondary N) is 1. The molecule has 402 valence electrons. The Morgan fingerprint density at radius 3 is 1.29 bits per heavy atom. The summed E-state index contributed by atoms with van der Waals surface area (Å²) < 4.78 is 23.4. The fourth-order valence-electron chi connectivity index (χ4n) is 8.22. The van der Waals surface area contributed by atoms with Crippen molar-refractivity contribution in [3.05, 3.63) is 72.9 Å². The highest BCUT2D eigenvalue weighted by Gasteiger charge is 2.24. The molecule has 0 aliphatic carbocycles. The Labute approximate surface area is 427 Å². The van der Waals surface area contributed by atoms with Crippen LogP contribution in [-0.2, 0) is 18.4 Å². The second kappa shape index (κ2) is 50.9. The molecule has 0 bridgehead atoms. The van der Waals surface area contributed by atoms with Crippen molar-refractivity contribution in [1.29, 1.82) is 0 Å². The smallest absolute Gasteiger partial charge is 0.268 e. The van der Waals surface area contributed by atoms with E-state index in [1.807, 2.05) is 21.1 Å². The number of unbranched alkanes of at least 4 members (excludes halogenated alkanes) is 27. The van der Waals surface area contributed by atoms with E-state index in [0.29, 0.717) is 23.9 Å². The highest BCUT2D eigenvalue weighted by Crippen LogP contribution is 2.38. The number of allylic oxidation sites excluding steroid dienone is 12. The zero-order valence-corrected chi connectivity index (χ0v) is 46.6. The van der Waals surface area contributed by atoms with Gasteiger partial charge in [0.15, 0.2) is 0 Å². The van der Waals surface area contributed by atoms with Gasteiger partial charge in [-0.05, 0) is 64.2 Å². The standard InChI is InChI=1S/C60H111N2O6P/c1-6-8-10-12-14-16-18-20-22-24-26-28-29-30-31-32-33-34-36-38-40-42-44-46-48-50-52-54-60(64)61-58(57-68-69(65,66)67-56-55-62(3,4)5)59(63)53-51-49-47-45-43-41-39-37-35-27-25-23-21-19-17-15-13-11-9-7-2/h8,10,14,16,20,22,26,28,30-31,33-34,58-59,63H,6-7,9,11-13,15,17-19,21,23-25,27,29,32,35-57H2,1-5H3,(H-,61,64,65,66)/b10-8-,16-14-,22-20-,28-26-,31-30-,34-33-. The van der Waals surface area contributed by atoms with Gasteiger partial charge in [0.05, 0.1) is 39.9 Å². The normalized spacial score (nSPS) is 14.5. The Hall–Kier alpha value is -2.06. The molecule has 0 aromatic rings. The summed E-state index contributed by atoms with van der Waals surface area (Å²) in [5.41, 5.74) is 0. The van der Waals surface area contributed by atoms with E-state index < -0.39 is 20.0 Å². The SMILES string of the molecule is CC/C=C\C/C=C\C/C=C\C/C=C\C/C=C\C/C=C\CCCCCCCCCCC(=O)NC(COP(=O)([O-])OCC[N+](C)(C)C)C(O)CCCCCCCCCCCCCCCCCCCCCC. The lowest BCUT2D eigenvalue weighted by Crippen LogP contribution is -2.46. The summed E-state index contributed by atoms with van der Waals surface area (Å²) in [5, 5.41) is 14.0. The highest BCUT2D eigenvalue weighted by molar-refractivity contribution is 7.45. The van der Waals surface area contributed by atoms with Gasteiger partial charge < -0.3 is 28.8 Å². The van der Waals surface area contributed by atoms with Gasteiger partial charge in [-0.2, -0.15) is 0 Å². The van der Waals surface area contributed by atoms with Gasteiger partial charge in [0.1, 0.15) is 13.2 Å². The largest absolute Gasteiger partial charge is 0.756 e. The van der Waals surface area contributed by atoms with E-state index in [4.69, 9.17) is 9.05 Å². The lowest BCUT2D eigenvalue weighted by Gasteiger charge is -2.30. The molecule has 3 unspecified atom stereocenters. The van der Waals surface area contributed by atoms with Crippen LogP contribution in [0, 0.1) is 0 Å². The minimum Gasteiger partial charge on any atom is -0.756 e. The Balaban J connectivity index is 4.22. The molecule has 3 atom stereocenters. The molecule has 0 heterocycles. The predicted molar refractivity (Wildman–Crippen MR) is 297 cm³/mol. The van der Waals surface area contributed by atoms with Crippen LogP contribution >= 0.6 is 7.82 Å². The Morgan fingerprint density at radius 1 is 0.522 bits per heavy atom. The second-order valence-electron chi connectivity index (χ2n) is 20.6. The molecular formula is C60H111N2O6P. The molecule has 0 fully saturated rings. The first-order chi connectivity index (χ1) is 33.5. The average Bonchev–Trinajstić information content (AvgIpc) is 3.31. The van der Waals surface area contributed by atoms with Crippen LogP contribution in [-0.4, -0.2) is 68.5 Å². The van der Waals surface area contributed by atoms with Gasteiger partial charge in [-0.25, -0.2) is 0 Å². The summed E-state index contributed by atoms with van der Waals surface area (Å²) in [5.74, 6) is -0.174. The van der Waals surface area contributed by atoms with Gasteiger partial charge >= 0.3 is 0 Å². The van der Waals surface area contributed by atoms with Gasteiger partial charge in [-0.1, -0.05) is 254 Å². The summed E-state index contributed by atoms with van der Waals surface area (Å²) >= 11 is 0. The van der Waals surface area contributed by atoms with E-state index in [9.17, 15) is 19.4 Å². The number of carbonyl (C=O) groups is 1. The molecule has 0 aromatic carbocycles. The molecule has 9 heteroatoms. The number of phosphoric ester groups is 1. The van der Waals surface area contributed by atoms with Gasteiger partial charge in [-0.15, -0.1) is 0 Å². The second-order valence-corrected chi connectivity index (χ2v) is 22.0. The maximum Gasteiger partial charge on any atom is 0.268 e. The van der Waals surface area contributed by atoms with Crippen LogP contribution in [0.2, 0.25) is 0 Å². The number of rotatable bonds is 52. The molecular weight excluding hydrogens is 876 g/mol. The van der Waals surface area contributed by atoms with Crippen molar-refractivity contribution in [2.75, 3.05) is 40.9 Å². The number of likely N-dealkylation sites (N-methyl/N-ethyl adjacent to an activating group) is 1. The number of aliphatic hydroxyl groups is 1. The summed E-state index contributed by atoms with van der Waals surface area (Å²) in [6.45, 7) is 4.62. The first kappa shape index (κ1) is 66.9. The number of aliphatic hydroxyl groups excluding tert-OH is 1. The molecule has 0 aliphatic rings. The lowest BCUT2D eigenvalue weighted by atomic mass is 10.0. The average molecular weight is 988 g/mol. The number of hydrogen-bond acceptors (Lipinski definition) is 6. The van der Waals surface area contributed by atoms with Crippen molar-refractivity contribution in [3.8, 4) is 0 Å². The number of quaternary nitrogens is 1. The number of phosphoric acid groups is 1. The van der Waals surface area contributed by atoms with Crippen LogP contribution in [0.3, 0.4) is 0 Å². The van der Waals surface area contributed by atoms with E-state index in [1.54, 1.807) is 0 Å². The zero-order valence-electron chi connectivity index (χ0n) is 45.8. The summed E-state index contributed by atoms with van der Waals surface area (Å²) in [6, 6.07) is -0.810. The quantitative estimate of drug-likeness (QED) is 0.0272. The third-order valence-electron chi connectivity index (χ3n) is 12.7. The molecule has 1 amide bonds. The highest BCUT2D eigenvalue weighted by atomic mass is 31.2. The molecule has 0 aromatic heterocycles. The van der Waals surface area contributed by atoms with E-state index in [0.717, 1.165) is 83.5 Å². The van der Waals surface area contributed by atoms with Gasteiger partial charge in [0, 0.05) is 6.42 Å². The zero-order chi connectivity index (χ0) is 50.6. The summed E-state index contributed by atoms with van der Waals surface area (Å²) in [4.78, 5) is 25.5. The fraction of sp³-hybridized carbons (Fsp3) is 0.783. The van der Waals surface area contributed by atoms with E-state index in [1.165, 1.54) is 141 Å². The van der Waals surface area contributed by atoms with Crippen LogP contribution in [0.4, 0.5) is 0 Å². The van der Waals surface area contributed by atoms with Crippen LogP contribution in [0.5, 0.6) is 0 Å². The van der Waals surface area contributed by atoms with Crippen molar-refractivity contribution in [2.45, 2.75) is 264 Å². The monoisotopic (exact) mass is 987 g/mol. The van der Waals surface area contributed by atoms with Crippen LogP contribution in [0.25, 0.3) is 0 Å². The van der Waals surface area contributed by atoms with E-state index in [-0.39, 0.29) is 19.1 Å². The molecule has 0 rings (SSSR count). The van der Waals surface area contributed by atoms with Gasteiger partial charge in [0.25, 0.3) is 7.82 Å². The van der Waals surface area contributed by atoms with Crippen molar-refractivity contribution in [3.63, 3.8) is 0 Å². The molecule has 69 heavy (non-hydrogen) atoms. The topological polar surface area (TPSA) is 108 Å². The van der Waals surface area contributed by atoms with Crippen LogP contribution in [0.1, 0.15) is 251 Å². The Bertz CT molecular complexity index is 1350. The van der Waals surface area contributed by atoms with Gasteiger partial charge in [0.2, 0.25) is 5.91 Å². The Kier molecular flexibility index (Phi) is 49.3. The fourth-order valence-corrected chi connectivity index (χ4v) is 8.94. The van der Waals surface area contributed by atoms with Crippen LogP contribution in [0.15, 0.2) is 72.9 Å². The first-order valence-electron chi connectivity index (χ1n) is 28.8. The minimum atomic E-state index is -4.58. The molecule has 8 nitrogen and oxygen atoms in total. The third kappa shape index (κ3) is 53.6. The van der Waals surface area contributed by atoms with E-state index in [2.05, 4.69) is 92.1 Å². The maximum atomic E-state index is 13.0. The predicted octanol–water partition coefficient (Wildman–Crippen LogP) is 16.9. The number of carbonyl (C=O) groups excluding carboxylic acids is 1. The molecule has 2 N–H and O–H groups in total.